The van der Waals surface area contributed by atoms with Gasteiger partial charge in [0.15, 0.2) is 0 Å². The van der Waals surface area contributed by atoms with Gasteiger partial charge in [-0.1, -0.05) is 12.1 Å². The van der Waals surface area contributed by atoms with Crippen LogP contribution >= 0.6 is 0 Å². The van der Waals surface area contributed by atoms with Gasteiger partial charge in [0.05, 0.1) is 0 Å². The van der Waals surface area contributed by atoms with E-state index in [0.717, 1.165) is 17.9 Å². The number of aromatic nitrogens is 2. The zero-order valence-corrected chi connectivity index (χ0v) is 10.8. The molecule has 18 heavy (non-hydrogen) atoms. The third-order valence-electron chi connectivity index (χ3n) is 2.99. The Bertz CT molecular complexity index is 520. The standard InChI is InChI=1S/C14H18FN3/c1-3-18-7-6-17-14(18)9-11-4-5-12(10-16-2)13(15)8-11/h4-8,16H,3,9-10H2,1-2H3. The Kier molecular flexibility index (Phi) is 4.10. The minimum absolute atomic E-state index is 0.156. The van der Waals surface area contributed by atoms with E-state index in [1.54, 1.807) is 12.3 Å². The third-order valence-corrected chi connectivity index (χ3v) is 2.99. The first kappa shape index (κ1) is 12.8. The first-order chi connectivity index (χ1) is 8.74. The van der Waals surface area contributed by atoms with Gasteiger partial charge in [0, 0.05) is 37.5 Å². The molecule has 1 aromatic heterocycles. The fourth-order valence-electron chi connectivity index (χ4n) is 2.01. The summed E-state index contributed by atoms with van der Waals surface area (Å²) in [5.74, 6) is 0.815. The van der Waals surface area contributed by atoms with Crippen LogP contribution in [0, 0.1) is 5.82 Å². The first-order valence-electron chi connectivity index (χ1n) is 6.16. The molecule has 4 heteroatoms. The number of imidazole rings is 1. The van der Waals surface area contributed by atoms with E-state index < -0.39 is 0 Å². The van der Waals surface area contributed by atoms with Crippen LogP contribution in [0.3, 0.4) is 0 Å². The van der Waals surface area contributed by atoms with Gasteiger partial charge in [-0.15, -0.1) is 0 Å². The van der Waals surface area contributed by atoms with Crippen molar-refractivity contribution in [1.29, 1.82) is 0 Å². The number of nitrogens with zero attached hydrogens (tertiary/aromatic N) is 2. The van der Waals surface area contributed by atoms with E-state index in [9.17, 15) is 4.39 Å². The lowest BCUT2D eigenvalue weighted by atomic mass is 10.1. The monoisotopic (exact) mass is 247 g/mol. The lowest BCUT2D eigenvalue weighted by Crippen LogP contribution is -2.08. The van der Waals surface area contributed by atoms with Crippen LogP contribution < -0.4 is 5.32 Å². The smallest absolute Gasteiger partial charge is 0.127 e. The lowest BCUT2D eigenvalue weighted by molar-refractivity contribution is 0.598. The van der Waals surface area contributed by atoms with Crippen molar-refractivity contribution in [2.75, 3.05) is 7.05 Å². The number of nitrogens with one attached hydrogen (secondary N) is 1. The van der Waals surface area contributed by atoms with Crippen LogP contribution in [0.5, 0.6) is 0 Å². The summed E-state index contributed by atoms with van der Waals surface area (Å²) in [4.78, 5) is 4.30. The first-order valence-corrected chi connectivity index (χ1v) is 6.16. The molecule has 0 aliphatic rings. The van der Waals surface area contributed by atoms with E-state index in [-0.39, 0.29) is 5.82 Å². The molecule has 0 amide bonds. The molecule has 0 aliphatic carbocycles. The summed E-state index contributed by atoms with van der Waals surface area (Å²) in [5, 5.41) is 2.95. The molecule has 96 valence electrons. The fraction of sp³-hybridized carbons (Fsp3) is 0.357. The molecular formula is C14H18FN3. The largest absolute Gasteiger partial charge is 0.335 e. The summed E-state index contributed by atoms with van der Waals surface area (Å²) in [6, 6.07) is 5.40. The molecular weight excluding hydrogens is 229 g/mol. The molecule has 0 bridgehead atoms. The lowest BCUT2D eigenvalue weighted by Gasteiger charge is -2.07. The average Bonchev–Trinajstić information content (AvgIpc) is 2.80. The predicted octanol–water partition coefficient (Wildman–Crippen LogP) is 2.35. The van der Waals surface area contributed by atoms with E-state index in [1.165, 1.54) is 0 Å². The van der Waals surface area contributed by atoms with Gasteiger partial charge in [-0.25, -0.2) is 9.37 Å². The Morgan fingerprint density at radius 1 is 1.39 bits per heavy atom. The summed E-state index contributed by atoms with van der Waals surface area (Å²) in [7, 11) is 1.81. The predicted molar refractivity (Wildman–Crippen MR) is 69.9 cm³/mol. The Balaban J connectivity index is 2.17. The molecule has 1 N–H and O–H groups in total. The third kappa shape index (κ3) is 2.76. The summed E-state index contributed by atoms with van der Waals surface area (Å²) in [6.45, 7) is 3.51. The van der Waals surface area contributed by atoms with Gasteiger partial charge < -0.3 is 9.88 Å². The second kappa shape index (κ2) is 5.78. The van der Waals surface area contributed by atoms with Crippen LogP contribution in [0.4, 0.5) is 4.39 Å². The van der Waals surface area contributed by atoms with Crippen LogP contribution in [-0.2, 0) is 19.5 Å². The molecule has 3 nitrogen and oxygen atoms in total. The highest BCUT2D eigenvalue weighted by molar-refractivity contribution is 5.26. The Morgan fingerprint density at radius 3 is 2.89 bits per heavy atom. The van der Waals surface area contributed by atoms with Gasteiger partial charge in [-0.05, 0) is 25.6 Å². The van der Waals surface area contributed by atoms with Gasteiger partial charge in [-0.2, -0.15) is 0 Å². The molecule has 2 rings (SSSR count). The maximum Gasteiger partial charge on any atom is 0.127 e. The van der Waals surface area contributed by atoms with Crippen molar-refractivity contribution in [3.8, 4) is 0 Å². The Hall–Kier alpha value is -1.68. The zero-order valence-electron chi connectivity index (χ0n) is 10.8. The number of benzene rings is 1. The molecule has 1 heterocycles. The van der Waals surface area contributed by atoms with Gasteiger partial charge in [0.25, 0.3) is 0 Å². The van der Waals surface area contributed by atoms with Crippen molar-refractivity contribution in [2.24, 2.45) is 0 Å². The zero-order chi connectivity index (χ0) is 13.0. The molecule has 0 aliphatic heterocycles. The highest BCUT2D eigenvalue weighted by atomic mass is 19.1. The number of halogens is 1. The molecule has 0 fully saturated rings. The minimum Gasteiger partial charge on any atom is -0.335 e. The maximum absolute atomic E-state index is 13.8. The highest BCUT2D eigenvalue weighted by Gasteiger charge is 2.06. The summed E-state index contributed by atoms with van der Waals surface area (Å²) < 4.78 is 15.8. The molecule has 2 aromatic rings. The van der Waals surface area contributed by atoms with E-state index in [1.807, 2.05) is 25.4 Å². The van der Waals surface area contributed by atoms with Crippen LogP contribution in [0.25, 0.3) is 0 Å². The molecule has 0 atom stereocenters. The van der Waals surface area contributed by atoms with Crippen molar-refractivity contribution < 1.29 is 4.39 Å². The van der Waals surface area contributed by atoms with Crippen LogP contribution in [0.15, 0.2) is 30.6 Å². The number of aryl methyl sites for hydroxylation is 1. The maximum atomic E-state index is 13.8. The van der Waals surface area contributed by atoms with Crippen molar-refractivity contribution in [3.05, 3.63) is 53.4 Å². The summed E-state index contributed by atoms with van der Waals surface area (Å²) >= 11 is 0. The number of hydrogen-bond donors (Lipinski definition) is 1. The second-order valence-electron chi connectivity index (χ2n) is 4.26. The molecule has 0 saturated carbocycles. The van der Waals surface area contributed by atoms with E-state index in [0.29, 0.717) is 18.5 Å². The SMILES string of the molecule is CCn1ccnc1Cc1ccc(CNC)c(F)c1. The Morgan fingerprint density at radius 2 is 2.22 bits per heavy atom. The van der Waals surface area contributed by atoms with Crippen molar-refractivity contribution >= 4 is 0 Å². The molecule has 0 unspecified atom stereocenters. The number of rotatable bonds is 5. The minimum atomic E-state index is -0.156. The van der Waals surface area contributed by atoms with Gasteiger partial charge >= 0.3 is 0 Å². The van der Waals surface area contributed by atoms with Crippen molar-refractivity contribution in [2.45, 2.75) is 26.4 Å². The fourth-order valence-corrected chi connectivity index (χ4v) is 2.01. The van der Waals surface area contributed by atoms with Crippen molar-refractivity contribution in [3.63, 3.8) is 0 Å². The van der Waals surface area contributed by atoms with Crippen molar-refractivity contribution in [1.82, 2.24) is 14.9 Å². The topological polar surface area (TPSA) is 29.9 Å². The molecule has 0 radical (unpaired) electrons. The van der Waals surface area contributed by atoms with Gasteiger partial charge in [0.2, 0.25) is 0 Å². The Labute approximate surface area is 107 Å². The summed E-state index contributed by atoms with van der Waals surface area (Å²) in [6.07, 6.45) is 4.39. The summed E-state index contributed by atoms with van der Waals surface area (Å²) in [5.41, 5.74) is 1.65. The molecule has 1 aromatic carbocycles. The normalized spacial score (nSPS) is 10.8. The van der Waals surface area contributed by atoms with Gasteiger partial charge in [-0.3, -0.25) is 0 Å². The van der Waals surface area contributed by atoms with E-state index in [4.69, 9.17) is 0 Å². The quantitative estimate of drug-likeness (QED) is 0.879. The van der Waals surface area contributed by atoms with Gasteiger partial charge in [0.1, 0.15) is 11.6 Å². The van der Waals surface area contributed by atoms with Crippen LogP contribution in [-0.4, -0.2) is 16.6 Å². The average molecular weight is 247 g/mol. The van der Waals surface area contributed by atoms with E-state index >= 15 is 0 Å². The molecule has 0 saturated heterocycles. The number of hydrogen-bond acceptors (Lipinski definition) is 2. The van der Waals surface area contributed by atoms with Crippen LogP contribution in [0.2, 0.25) is 0 Å². The van der Waals surface area contributed by atoms with Crippen LogP contribution in [0.1, 0.15) is 23.9 Å². The second-order valence-corrected chi connectivity index (χ2v) is 4.26. The highest BCUT2D eigenvalue weighted by Crippen LogP contribution is 2.13. The van der Waals surface area contributed by atoms with E-state index in [2.05, 4.69) is 21.8 Å². The molecule has 0 spiro atoms.